The van der Waals surface area contributed by atoms with Gasteiger partial charge in [0.05, 0.1) is 6.04 Å². The Labute approximate surface area is 519 Å². The van der Waals surface area contributed by atoms with Crippen LogP contribution in [0, 0.1) is 5.92 Å². The first kappa shape index (κ1) is 64.7. The number of nitrogens with two attached hydrogens (primary N) is 3. The molecule has 0 saturated carbocycles. The number of nitrogens with one attached hydrogen (secondary N) is 8. The maximum Gasteiger partial charge on any atom is 0.244 e. The van der Waals surface area contributed by atoms with E-state index in [1.807, 2.05) is 140 Å². The molecule has 22 heteroatoms. The highest BCUT2D eigenvalue weighted by Crippen LogP contribution is 2.27. The third kappa shape index (κ3) is 17.5. The Morgan fingerprint density at radius 2 is 0.989 bits per heavy atom. The van der Waals surface area contributed by atoms with Gasteiger partial charge in [0.1, 0.15) is 42.3 Å². The average molecular weight is 1230 g/mol. The number of para-hydroxylation sites is 1. The number of carbonyl (C=O) groups excluding carboxylic acids is 8. The molecule has 0 radical (unpaired) electrons. The number of aromatic amines is 1. The van der Waals surface area contributed by atoms with Gasteiger partial charge in [-0.2, -0.15) is 25.3 Å². The van der Waals surface area contributed by atoms with Crippen molar-refractivity contribution < 1.29 is 38.4 Å². The van der Waals surface area contributed by atoms with Crippen molar-refractivity contribution in [3.63, 3.8) is 0 Å². The van der Waals surface area contributed by atoms with Gasteiger partial charge in [-0.25, -0.2) is 0 Å². The summed E-state index contributed by atoms with van der Waals surface area (Å²) in [6, 6.07) is 34.2. The van der Waals surface area contributed by atoms with Crippen molar-refractivity contribution in [3.8, 4) is 0 Å². The van der Waals surface area contributed by atoms with Crippen LogP contribution in [0.4, 0.5) is 0 Å². The highest BCUT2D eigenvalue weighted by molar-refractivity contribution is 7.80. The third-order valence-electron chi connectivity index (χ3n) is 15.2. The Morgan fingerprint density at radius 1 is 0.494 bits per heavy atom. The monoisotopic (exact) mass is 1230 g/mol. The average Bonchev–Trinajstić information content (AvgIpc) is 3.01. The van der Waals surface area contributed by atoms with Crippen LogP contribution in [0.15, 0.2) is 146 Å². The lowest BCUT2D eigenvalue weighted by Crippen LogP contribution is -2.61. The number of primary amides is 1. The van der Waals surface area contributed by atoms with Crippen molar-refractivity contribution in [2.45, 2.75) is 107 Å². The van der Waals surface area contributed by atoms with Crippen LogP contribution >= 0.6 is 36.6 Å². The van der Waals surface area contributed by atoms with Crippen LogP contribution in [0.3, 0.4) is 0 Å². The minimum absolute atomic E-state index is 0.0113. The molecular formula is C65H75N11O8S3. The fourth-order valence-electron chi connectivity index (χ4n) is 10.4. The van der Waals surface area contributed by atoms with Gasteiger partial charge >= 0.3 is 0 Å². The van der Waals surface area contributed by atoms with Gasteiger partial charge in [-0.05, 0) is 100.0 Å². The molecule has 8 aromatic rings. The van der Waals surface area contributed by atoms with E-state index in [0.717, 1.165) is 58.5 Å². The fourth-order valence-corrected chi connectivity index (χ4v) is 12.0. The summed E-state index contributed by atoms with van der Waals surface area (Å²) < 4.78 is 0.945. The smallest absolute Gasteiger partial charge is 0.244 e. The summed E-state index contributed by atoms with van der Waals surface area (Å²) in [7, 11) is 0. The van der Waals surface area contributed by atoms with Crippen LogP contribution in [0.2, 0.25) is 0 Å². The summed E-state index contributed by atoms with van der Waals surface area (Å²) in [5, 5.41) is 25.1. The Hall–Kier alpha value is -8.28. The number of rotatable bonds is 30. The number of benzene rings is 6. The van der Waals surface area contributed by atoms with Gasteiger partial charge in [0.2, 0.25) is 47.3 Å². The van der Waals surface area contributed by atoms with Crippen LogP contribution in [0.5, 0.6) is 0 Å². The summed E-state index contributed by atoms with van der Waals surface area (Å²) in [4.78, 5) is 117. The molecule has 8 atom stereocenters. The maximum atomic E-state index is 15.0. The molecule has 0 saturated heterocycles. The number of amides is 8. The lowest BCUT2D eigenvalue weighted by Gasteiger charge is -2.29. The molecule has 0 aliphatic carbocycles. The molecule has 456 valence electrons. The molecule has 8 amide bonds. The first-order valence-corrected chi connectivity index (χ1v) is 31.1. The van der Waals surface area contributed by atoms with Crippen molar-refractivity contribution in [3.05, 3.63) is 167 Å². The van der Waals surface area contributed by atoms with Gasteiger partial charge < -0.3 is 59.4 Å². The van der Waals surface area contributed by atoms with Crippen LogP contribution in [-0.4, -0.2) is 119 Å². The Kier molecular flexibility index (Phi) is 23.0. The van der Waals surface area contributed by atoms with Crippen LogP contribution in [0.1, 0.15) is 54.7 Å². The normalized spacial score (nSPS) is 14.2. The zero-order chi connectivity index (χ0) is 62.1. The van der Waals surface area contributed by atoms with E-state index in [1.54, 1.807) is 20.0 Å². The van der Waals surface area contributed by atoms with Gasteiger partial charge in [0, 0.05) is 57.4 Å². The van der Waals surface area contributed by atoms with E-state index in [4.69, 9.17) is 17.2 Å². The lowest BCUT2D eigenvalue weighted by molar-refractivity contribution is -0.136. The number of aromatic nitrogens is 1. The number of hydrogen-bond donors (Lipinski definition) is 13. The largest absolute Gasteiger partial charge is 0.368 e. The number of H-pyrrole nitrogens is 1. The van der Waals surface area contributed by atoms with E-state index < -0.39 is 102 Å². The number of carbonyl (C=O) groups is 8. The summed E-state index contributed by atoms with van der Waals surface area (Å²) in [6.45, 7) is 3.68. The van der Waals surface area contributed by atoms with Gasteiger partial charge in [0.15, 0.2) is 0 Å². The molecule has 2 heterocycles. The van der Waals surface area contributed by atoms with Crippen LogP contribution in [-0.2, 0) is 64.0 Å². The Balaban J connectivity index is 0.995. The summed E-state index contributed by atoms with van der Waals surface area (Å²) in [6.07, 6.45) is 2.86. The molecule has 2 aromatic heterocycles. The van der Waals surface area contributed by atoms with E-state index in [0.29, 0.717) is 18.4 Å². The molecule has 8 rings (SSSR count). The first-order valence-electron chi connectivity index (χ1n) is 29.0. The highest BCUT2D eigenvalue weighted by Gasteiger charge is 2.36. The quantitative estimate of drug-likeness (QED) is 0.0215. The summed E-state index contributed by atoms with van der Waals surface area (Å²) >= 11 is 10.2. The van der Waals surface area contributed by atoms with Crippen molar-refractivity contribution in [2.24, 2.45) is 23.1 Å². The second-order valence-electron chi connectivity index (χ2n) is 22.0. The van der Waals surface area contributed by atoms with Gasteiger partial charge in [-0.1, -0.05) is 135 Å². The van der Waals surface area contributed by atoms with Crippen molar-refractivity contribution in [1.29, 1.82) is 0 Å². The molecule has 14 N–H and O–H groups in total. The van der Waals surface area contributed by atoms with Crippen LogP contribution in [0.25, 0.3) is 42.5 Å². The zero-order valence-electron chi connectivity index (χ0n) is 48.4. The molecule has 6 aromatic carbocycles. The number of fused-ring (bicyclic) bond motifs is 4. The number of hydrogen-bond acceptors (Lipinski definition) is 13. The van der Waals surface area contributed by atoms with E-state index >= 15 is 9.59 Å². The second kappa shape index (κ2) is 30.9. The molecular weight excluding hydrogens is 1160 g/mol. The molecule has 0 fully saturated rings. The summed E-state index contributed by atoms with van der Waals surface area (Å²) in [5.41, 5.74) is 21.1. The Morgan fingerprint density at radius 3 is 1.57 bits per heavy atom. The van der Waals surface area contributed by atoms with Crippen molar-refractivity contribution >= 4 is 126 Å². The first-order chi connectivity index (χ1) is 41.9. The zero-order valence-corrected chi connectivity index (χ0v) is 51.0. The SMILES string of the molecule is CC(C)[C@H](NC(=O)[C@H](CCCCN)NC(=O)[C@@H](Cc1c[nH]c2ccccc12)NC(=O)[C@H](Cc1cc2ccccc2s1)NC(=O)[C@@H](CS)NC(=O)[C@@H](N)Cc1ccc2ccccc2c1)C(=O)N[C@@H](CS)C(=O)N[C@@H](Cc1ccc2ccccc2c1)C(N)=O. The fraction of sp³-hybridized carbons (Fsp3) is 0.323. The molecule has 19 nitrogen and oxygen atoms in total. The number of unbranched alkanes of at least 4 members (excludes halogenated alkanes) is 1. The van der Waals surface area contributed by atoms with E-state index in [-0.39, 0.29) is 50.2 Å². The van der Waals surface area contributed by atoms with Crippen molar-refractivity contribution in [1.82, 2.24) is 42.2 Å². The molecule has 0 bridgehead atoms. The van der Waals surface area contributed by atoms with Crippen molar-refractivity contribution in [2.75, 3.05) is 18.1 Å². The topological polar surface area (TPSA) is 315 Å². The number of thiol groups is 2. The summed E-state index contributed by atoms with van der Waals surface area (Å²) in [5.74, 6) is -6.65. The minimum Gasteiger partial charge on any atom is -0.368 e. The van der Waals surface area contributed by atoms with Gasteiger partial charge in [0.25, 0.3) is 0 Å². The van der Waals surface area contributed by atoms with Crippen LogP contribution < -0.4 is 54.4 Å². The molecule has 0 aliphatic heterocycles. The van der Waals surface area contributed by atoms with E-state index in [9.17, 15) is 28.8 Å². The highest BCUT2D eigenvalue weighted by atomic mass is 32.1. The third-order valence-corrected chi connectivity index (χ3v) is 17.1. The Bertz CT molecular complexity index is 3730. The minimum atomic E-state index is -1.36. The van der Waals surface area contributed by atoms with Gasteiger partial charge in [-0.15, -0.1) is 11.3 Å². The molecule has 0 aliphatic rings. The second-order valence-corrected chi connectivity index (χ2v) is 23.9. The molecule has 0 spiro atoms. The predicted octanol–water partition coefficient (Wildman–Crippen LogP) is 4.81. The van der Waals surface area contributed by atoms with E-state index in [1.165, 1.54) is 11.3 Å². The standard InChI is InChI=1S/C65H75N11O8S3/c1-37(2)57(65(84)75-55(36-86)63(82)71-51(58(68)77)30-39-23-25-41-14-4-6-16-43(41)28-39)76-60(79)50(20-11-12-26-66)70-61(80)52(32-45-34-69-49-19-9-8-18-47(45)49)72-62(81)53(33-46-31-44-17-7-10-21-56(44)87-46)73-64(83)54(35-85)74-59(78)48(67)29-38-22-24-40-13-3-5-15-42(40)27-38/h3-10,13-19,21-25,27-28,31,34,37,48,50-55,57,69,85-86H,11-12,20,26,29-30,32-33,35-36,66-67H2,1-2H3,(H2,68,77)(H,70,80)(H,71,82)(H,72,81)(H,73,83)(H,74,78)(H,75,84)(H,76,79)/t48-,50-,51-,52+,53-,54+,55-,57-/m0/s1. The lowest BCUT2D eigenvalue weighted by atomic mass is 10.00. The molecule has 87 heavy (non-hydrogen) atoms. The predicted molar refractivity (Wildman–Crippen MR) is 349 cm³/mol. The van der Waals surface area contributed by atoms with Gasteiger partial charge in [-0.3, -0.25) is 38.4 Å². The maximum absolute atomic E-state index is 15.0. The molecule has 0 unspecified atom stereocenters. The number of thiophene rings is 1. The van der Waals surface area contributed by atoms with E-state index in [2.05, 4.69) is 67.5 Å².